The fourth-order valence-corrected chi connectivity index (χ4v) is 4.59. The molecular weight excluding hydrogens is 516 g/mol. The van der Waals surface area contributed by atoms with Crippen molar-refractivity contribution in [2.24, 2.45) is 5.73 Å². The molecule has 0 aliphatic rings. The summed E-state index contributed by atoms with van der Waals surface area (Å²) in [7, 11) is 0. The van der Waals surface area contributed by atoms with E-state index in [1.807, 2.05) is 60.7 Å². The summed E-state index contributed by atoms with van der Waals surface area (Å²) in [5.41, 5.74) is 14.4. The number of nitriles is 2. The molecule has 5 heteroatoms. The normalized spacial score (nSPS) is 12.8. The number of allylic oxidation sites excluding steroid dienone is 11. The highest BCUT2D eigenvalue weighted by atomic mass is 16.3. The van der Waals surface area contributed by atoms with Gasteiger partial charge in [-0.25, -0.2) is 0 Å². The van der Waals surface area contributed by atoms with Gasteiger partial charge in [0.25, 0.3) is 0 Å². The van der Waals surface area contributed by atoms with E-state index in [1.165, 1.54) is 12.4 Å². The highest BCUT2D eigenvalue weighted by Gasteiger charge is 2.10. The first kappa shape index (κ1) is 29.1. The number of nitrogens with two attached hydrogens (primary N) is 1. The van der Waals surface area contributed by atoms with Gasteiger partial charge >= 0.3 is 0 Å². The fourth-order valence-electron chi connectivity index (χ4n) is 4.59. The van der Waals surface area contributed by atoms with Crippen molar-refractivity contribution in [3.63, 3.8) is 0 Å². The van der Waals surface area contributed by atoms with Crippen molar-refractivity contribution in [2.45, 2.75) is 13.3 Å². The van der Waals surface area contributed by atoms with Gasteiger partial charge in [-0.1, -0.05) is 67.8 Å². The molecule has 3 aromatic carbocycles. The molecule has 0 saturated carbocycles. The predicted molar refractivity (Wildman–Crippen MR) is 173 cm³/mol. The van der Waals surface area contributed by atoms with E-state index in [-0.39, 0.29) is 0 Å². The largest absolute Gasteiger partial charge is 0.456 e. The zero-order valence-electron chi connectivity index (χ0n) is 23.4. The lowest BCUT2D eigenvalue weighted by Crippen LogP contribution is -1.90. The van der Waals surface area contributed by atoms with Gasteiger partial charge in [0.1, 0.15) is 11.2 Å². The van der Waals surface area contributed by atoms with Crippen LogP contribution < -0.4 is 5.73 Å². The standard InChI is InChI=1S/C37H30N4O/c1-4-28(32(23-40)16-25(2)21-38)9-6-5-8-27-12-14-36-34(18-27)35-20-31(13-15-37(35)42-36)29-10-7-11-30(19-29)33(24-41)17-26(3)22-39/h4-7,9-20,23-24,41H,1,3,8,40H2,2H3/b6-5-,25-16+,28-9+,32-23+,33-17+,41-24?. The third-order valence-electron chi connectivity index (χ3n) is 6.74. The molecule has 0 radical (unpaired) electrons. The van der Waals surface area contributed by atoms with E-state index in [0.717, 1.165) is 55.3 Å². The summed E-state index contributed by atoms with van der Waals surface area (Å²) in [5, 5.41) is 28.0. The Hall–Kier alpha value is -5.91. The average Bonchev–Trinajstić information content (AvgIpc) is 3.39. The molecule has 42 heavy (non-hydrogen) atoms. The summed E-state index contributed by atoms with van der Waals surface area (Å²) in [4.78, 5) is 0. The summed E-state index contributed by atoms with van der Waals surface area (Å²) in [6.45, 7) is 9.31. The summed E-state index contributed by atoms with van der Waals surface area (Å²) in [5.74, 6) is 0. The maximum Gasteiger partial charge on any atom is 0.135 e. The second kappa shape index (κ2) is 13.4. The predicted octanol–water partition coefficient (Wildman–Crippen LogP) is 8.89. The van der Waals surface area contributed by atoms with Gasteiger partial charge in [0, 0.05) is 39.9 Å². The highest BCUT2D eigenvalue weighted by molar-refractivity contribution is 6.10. The van der Waals surface area contributed by atoms with Gasteiger partial charge in [-0.2, -0.15) is 10.5 Å². The number of nitrogens with one attached hydrogen (secondary N) is 1. The fraction of sp³-hybridized carbons (Fsp3) is 0.0541. The van der Waals surface area contributed by atoms with Crippen molar-refractivity contribution in [1.82, 2.24) is 0 Å². The van der Waals surface area contributed by atoms with Gasteiger partial charge in [0.05, 0.1) is 12.1 Å². The number of hydrogen-bond donors (Lipinski definition) is 2. The van der Waals surface area contributed by atoms with E-state index in [0.29, 0.717) is 23.1 Å². The monoisotopic (exact) mass is 546 g/mol. The van der Waals surface area contributed by atoms with Crippen LogP contribution in [0.15, 0.2) is 143 Å². The molecule has 3 N–H and O–H groups in total. The van der Waals surface area contributed by atoms with Crippen LogP contribution in [0, 0.1) is 28.1 Å². The molecule has 4 rings (SSSR count). The minimum absolute atomic E-state index is 0.299. The molecule has 0 fully saturated rings. The zero-order chi connectivity index (χ0) is 30.1. The van der Waals surface area contributed by atoms with E-state index in [4.69, 9.17) is 26.1 Å². The lowest BCUT2D eigenvalue weighted by Gasteiger charge is -2.07. The molecule has 0 bridgehead atoms. The Morgan fingerprint density at radius 3 is 2.38 bits per heavy atom. The lowest BCUT2D eigenvalue weighted by molar-refractivity contribution is 0.669. The van der Waals surface area contributed by atoms with Crippen LogP contribution in [-0.2, 0) is 6.42 Å². The second-order valence-corrected chi connectivity index (χ2v) is 9.62. The van der Waals surface area contributed by atoms with Crippen LogP contribution in [0.2, 0.25) is 0 Å². The third kappa shape index (κ3) is 6.62. The first-order chi connectivity index (χ1) is 20.4. The smallest absolute Gasteiger partial charge is 0.135 e. The first-order valence-electron chi connectivity index (χ1n) is 13.3. The highest BCUT2D eigenvalue weighted by Crippen LogP contribution is 2.34. The van der Waals surface area contributed by atoms with Crippen molar-refractivity contribution in [2.75, 3.05) is 0 Å². The van der Waals surface area contributed by atoms with Gasteiger partial charge in [0.2, 0.25) is 0 Å². The van der Waals surface area contributed by atoms with Crippen LogP contribution in [0.25, 0.3) is 38.6 Å². The molecule has 0 aliphatic heterocycles. The zero-order valence-corrected chi connectivity index (χ0v) is 23.4. The van der Waals surface area contributed by atoms with Gasteiger partial charge in [-0.05, 0) is 89.2 Å². The van der Waals surface area contributed by atoms with Crippen LogP contribution in [0.1, 0.15) is 18.1 Å². The number of benzene rings is 3. The van der Waals surface area contributed by atoms with Crippen molar-refractivity contribution < 1.29 is 4.42 Å². The Morgan fingerprint density at radius 2 is 1.69 bits per heavy atom. The number of fused-ring (bicyclic) bond motifs is 3. The Morgan fingerprint density at radius 1 is 0.952 bits per heavy atom. The molecule has 1 aromatic heterocycles. The minimum Gasteiger partial charge on any atom is -0.456 e. The summed E-state index contributed by atoms with van der Waals surface area (Å²) in [6, 6.07) is 24.3. The SMILES string of the molecule is C=CC(=C\C=C/Cc1ccc2oc3ccc(-c4cccc(/C(C=N)=C/C(=C)C#N)c4)cc3c2c1)/C(/C=C(\C)C#N)=C/N. The minimum atomic E-state index is 0.299. The molecule has 1 heterocycles. The van der Waals surface area contributed by atoms with Gasteiger partial charge in [-0.15, -0.1) is 0 Å². The first-order valence-corrected chi connectivity index (χ1v) is 13.3. The molecule has 0 atom stereocenters. The molecule has 204 valence electrons. The molecule has 4 aromatic rings. The summed E-state index contributed by atoms with van der Waals surface area (Å²) >= 11 is 0. The van der Waals surface area contributed by atoms with Crippen molar-refractivity contribution in [1.29, 1.82) is 15.9 Å². The Bertz CT molecular complexity index is 1950. The summed E-state index contributed by atoms with van der Waals surface area (Å²) < 4.78 is 6.12. The molecular formula is C37H30N4O. The third-order valence-corrected chi connectivity index (χ3v) is 6.74. The Balaban J connectivity index is 1.63. The van der Waals surface area contributed by atoms with Crippen LogP contribution in [0.5, 0.6) is 0 Å². The Labute approximate surface area is 246 Å². The van der Waals surface area contributed by atoms with Crippen LogP contribution in [0.3, 0.4) is 0 Å². The van der Waals surface area contributed by atoms with E-state index >= 15 is 0 Å². The maximum absolute atomic E-state index is 9.10. The number of nitrogens with zero attached hydrogens (tertiary/aromatic N) is 2. The quantitative estimate of drug-likeness (QED) is 0.117. The van der Waals surface area contributed by atoms with Crippen LogP contribution in [-0.4, -0.2) is 6.21 Å². The van der Waals surface area contributed by atoms with Gasteiger partial charge in [-0.3, -0.25) is 0 Å². The Kier molecular flexibility index (Phi) is 9.30. The maximum atomic E-state index is 9.10. The molecule has 0 aliphatic carbocycles. The van der Waals surface area contributed by atoms with Gasteiger partial charge in [0.15, 0.2) is 0 Å². The van der Waals surface area contributed by atoms with E-state index in [2.05, 4.69) is 43.5 Å². The molecule has 0 saturated heterocycles. The van der Waals surface area contributed by atoms with E-state index < -0.39 is 0 Å². The van der Waals surface area contributed by atoms with Crippen LogP contribution >= 0.6 is 0 Å². The van der Waals surface area contributed by atoms with Crippen molar-refractivity contribution >= 4 is 33.7 Å². The summed E-state index contributed by atoms with van der Waals surface area (Å²) in [6.07, 6.45) is 14.4. The average molecular weight is 547 g/mol. The van der Waals surface area contributed by atoms with E-state index in [9.17, 15) is 0 Å². The molecule has 5 nitrogen and oxygen atoms in total. The van der Waals surface area contributed by atoms with Crippen LogP contribution in [0.4, 0.5) is 0 Å². The second-order valence-electron chi connectivity index (χ2n) is 9.62. The van der Waals surface area contributed by atoms with E-state index in [1.54, 1.807) is 25.2 Å². The van der Waals surface area contributed by atoms with Crippen molar-refractivity contribution in [3.05, 3.63) is 150 Å². The number of rotatable bonds is 10. The molecule has 0 unspecified atom stereocenters. The molecule has 0 amide bonds. The van der Waals surface area contributed by atoms with Gasteiger partial charge < -0.3 is 15.6 Å². The number of hydrogen-bond acceptors (Lipinski definition) is 5. The molecule has 0 spiro atoms. The topological polar surface area (TPSA) is 111 Å². The lowest BCUT2D eigenvalue weighted by atomic mass is 9.97. The number of furan rings is 1. The van der Waals surface area contributed by atoms with Crippen molar-refractivity contribution in [3.8, 4) is 23.3 Å².